The zero-order chi connectivity index (χ0) is 37.9. The van der Waals surface area contributed by atoms with Crippen molar-refractivity contribution in [2.24, 2.45) is 11.5 Å². The quantitative estimate of drug-likeness (QED) is 0.150. The van der Waals surface area contributed by atoms with Crippen LogP contribution in [0.4, 0.5) is 0 Å². The van der Waals surface area contributed by atoms with Crippen molar-refractivity contribution in [3.63, 3.8) is 0 Å². The molecule has 0 fully saturated rings. The van der Waals surface area contributed by atoms with E-state index in [4.69, 9.17) is 26.0 Å². The zero-order valence-electron chi connectivity index (χ0n) is 29.7. The van der Waals surface area contributed by atoms with Crippen LogP contribution in [0.25, 0.3) is 17.2 Å². The molecule has 0 aliphatic carbocycles. The second kappa shape index (κ2) is 18.0. The minimum Gasteiger partial charge on any atom is -0.492 e. The first-order chi connectivity index (χ1) is 24.8. The molecule has 14 nitrogen and oxygen atoms in total. The Morgan fingerprint density at radius 1 is 0.923 bits per heavy atom. The third kappa shape index (κ3) is 9.95. The van der Waals surface area contributed by atoms with Gasteiger partial charge in [0.05, 0.1) is 6.54 Å². The van der Waals surface area contributed by atoms with Gasteiger partial charge in [0.25, 0.3) is 5.91 Å². The van der Waals surface area contributed by atoms with E-state index >= 15 is 0 Å². The molecule has 4 bridgehead atoms. The average Bonchev–Trinajstić information content (AvgIpc) is 3.11. The van der Waals surface area contributed by atoms with Crippen LogP contribution in [-0.2, 0) is 25.6 Å². The van der Waals surface area contributed by atoms with Gasteiger partial charge in [-0.3, -0.25) is 19.2 Å². The fraction of sp³-hybridized carbons (Fsp3) is 0.342. The van der Waals surface area contributed by atoms with Gasteiger partial charge < -0.3 is 46.9 Å². The first-order valence-electron chi connectivity index (χ1n) is 16.9. The molecule has 1 heterocycles. The number of fused-ring (bicyclic) bond motifs is 5. The smallest absolute Gasteiger partial charge is 0.328 e. The van der Waals surface area contributed by atoms with Crippen LogP contribution in [0, 0.1) is 6.92 Å². The minimum absolute atomic E-state index is 0.163. The van der Waals surface area contributed by atoms with Gasteiger partial charge in [0.15, 0.2) is 0 Å². The lowest BCUT2D eigenvalue weighted by molar-refractivity contribution is -0.139. The molecule has 0 aromatic heterocycles. The van der Waals surface area contributed by atoms with Crippen LogP contribution in [0.15, 0.2) is 60.7 Å². The van der Waals surface area contributed by atoms with Crippen molar-refractivity contribution < 1.29 is 38.6 Å². The standard InChI is InChI=1S/C38H46N6O8/c1-22-5-9-28(26(17-22)8-12-34(46)47)37(49)41-21-33(45)44(4)35-27-7-11-32(52-16-14-40)30(20-27)29-19-25(6-10-31(29)51-15-13-39)18-23(2)42-36(48)24(3)43-38(35)50/h5-12,17,19-20,23-24,35H,13-16,18,21,39-40H2,1-4H3,(H,41,49)(H,42,48)(H,43,50)(H,46,47)/b12-8+/t23?,24-,35?/m0/s1. The van der Waals surface area contributed by atoms with Crippen molar-refractivity contribution in [3.05, 3.63) is 88.5 Å². The number of aryl methyl sites for hydroxylation is 1. The van der Waals surface area contributed by atoms with Gasteiger partial charge >= 0.3 is 5.97 Å². The Morgan fingerprint density at radius 3 is 2.23 bits per heavy atom. The number of hydrogen-bond acceptors (Lipinski definition) is 9. The van der Waals surface area contributed by atoms with Gasteiger partial charge in [-0.15, -0.1) is 0 Å². The van der Waals surface area contributed by atoms with Gasteiger partial charge in [-0.25, -0.2) is 4.79 Å². The highest BCUT2D eigenvalue weighted by atomic mass is 16.5. The zero-order valence-corrected chi connectivity index (χ0v) is 29.7. The number of carboxylic acid groups (broad SMARTS) is 1. The summed E-state index contributed by atoms with van der Waals surface area (Å²) in [6, 6.07) is 13.1. The number of carboxylic acids is 1. The largest absolute Gasteiger partial charge is 0.492 e. The number of likely N-dealkylation sites (N-methyl/N-ethyl adjacent to an activating group) is 1. The predicted octanol–water partition coefficient (Wildman–Crippen LogP) is 1.93. The lowest BCUT2D eigenvalue weighted by atomic mass is 9.94. The molecule has 4 rings (SSSR count). The summed E-state index contributed by atoms with van der Waals surface area (Å²) < 4.78 is 12.1. The summed E-state index contributed by atoms with van der Waals surface area (Å²) in [6.07, 6.45) is 2.71. The lowest BCUT2D eigenvalue weighted by Crippen LogP contribution is -2.52. The highest BCUT2D eigenvalue weighted by Crippen LogP contribution is 2.40. The molecule has 4 amide bonds. The van der Waals surface area contributed by atoms with E-state index in [1.807, 2.05) is 25.1 Å². The van der Waals surface area contributed by atoms with E-state index in [1.165, 1.54) is 24.1 Å². The highest BCUT2D eigenvalue weighted by Gasteiger charge is 2.32. The SMILES string of the molecule is Cc1ccc(C(=O)NCC(=O)N(C)C2C(=O)N[C@@H](C)C(=O)NC(C)Cc3ccc(OCCN)c(c3)-c3cc2ccc3OCCN)c(/C=C/C(=O)O)c1. The molecule has 1 aliphatic rings. The highest BCUT2D eigenvalue weighted by molar-refractivity contribution is 6.01. The number of aliphatic carboxylic acids is 1. The number of nitrogens with zero attached hydrogens (tertiary/aromatic N) is 1. The van der Waals surface area contributed by atoms with E-state index in [0.29, 0.717) is 40.2 Å². The molecule has 0 saturated heterocycles. The Hall–Kier alpha value is -5.73. The van der Waals surface area contributed by atoms with E-state index < -0.39 is 48.2 Å². The van der Waals surface area contributed by atoms with Crippen LogP contribution in [0.2, 0.25) is 0 Å². The summed E-state index contributed by atoms with van der Waals surface area (Å²) in [4.78, 5) is 66.5. The van der Waals surface area contributed by atoms with E-state index in [-0.39, 0.29) is 37.9 Å². The molecule has 276 valence electrons. The van der Waals surface area contributed by atoms with Gasteiger partial charge in [0.1, 0.15) is 36.8 Å². The van der Waals surface area contributed by atoms with Gasteiger partial charge in [-0.2, -0.15) is 0 Å². The molecule has 52 heavy (non-hydrogen) atoms. The number of hydrogen-bond donors (Lipinski definition) is 6. The number of amides is 4. The van der Waals surface area contributed by atoms with Gasteiger partial charge in [-0.05, 0) is 80.3 Å². The third-order valence-electron chi connectivity index (χ3n) is 8.37. The molecule has 1 aliphatic heterocycles. The van der Waals surface area contributed by atoms with Gasteiger partial charge in [-0.1, -0.05) is 29.8 Å². The molecule has 0 spiro atoms. The Bertz CT molecular complexity index is 1840. The fourth-order valence-electron chi connectivity index (χ4n) is 5.82. The van der Waals surface area contributed by atoms with Crippen LogP contribution >= 0.6 is 0 Å². The number of benzene rings is 3. The minimum atomic E-state index is -1.26. The summed E-state index contributed by atoms with van der Waals surface area (Å²) in [7, 11) is 1.43. The van der Waals surface area contributed by atoms with Crippen LogP contribution in [0.3, 0.4) is 0 Å². The maximum Gasteiger partial charge on any atom is 0.328 e. The lowest BCUT2D eigenvalue weighted by Gasteiger charge is -2.30. The second-order valence-corrected chi connectivity index (χ2v) is 12.6. The first kappa shape index (κ1) is 39.1. The normalized spacial score (nSPS) is 17.4. The summed E-state index contributed by atoms with van der Waals surface area (Å²) >= 11 is 0. The molecule has 3 atom stereocenters. The Labute approximate surface area is 302 Å². The second-order valence-electron chi connectivity index (χ2n) is 12.6. The monoisotopic (exact) mass is 714 g/mol. The van der Waals surface area contributed by atoms with E-state index in [9.17, 15) is 24.0 Å². The Balaban J connectivity index is 1.76. The van der Waals surface area contributed by atoms with Crippen molar-refractivity contribution in [1.29, 1.82) is 0 Å². The van der Waals surface area contributed by atoms with E-state index in [1.54, 1.807) is 44.2 Å². The van der Waals surface area contributed by atoms with Crippen LogP contribution in [-0.4, -0.2) is 91.6 Å². The van der Waals surface area contributed by atoms with Crippen molar-refractivity contribution in [2.75, 3.05) is 39.9 Å². The summed E-state index contributed by atoms with van der Waals surface area (Å²) in [5, 5.41) is 17.4. The first-order valence-corrected chi connectivity index (χ1v) is 16.9. The van der Waals surface area contributed by atoms with Crippen molar-refractivity contribution in [3.8, 4) is 22.6 Å². The van der Waals surface area contributed by atoms with Gasteiger partial charge in [0, 0.05) is 48.9 Å². The number of carbonyl (C=O) groups excluding carboxylic acids is 4. The van der Waals surface area contributed by atoms with E-state index in [2.05, 4.69) is 16.0 Å². The summed E-state index contributed by atoms with van der Waals surface area (Å²) in [5.74, 6) is -2.46. The predicted molar refractivity (Wildman–Crippen MR) is 196 cm³/mol. The summed E-state index contributed by atoms with van der Waals surface area (Å²) in [6.45, 7) is 5.69. The number of ether oxygens (including phenoxy) is 2. The van der Waals surface area contributed by atoms with Crippen LogP contribution in [0.5, 0.6) is 11.5 Å². The summed E-state index contributed by atoms with van der Waals surface area (Å²) in [5.41, 5.74) is 15.4. The average molecular weight is 715 g/mol. The Kier molecular flexibility index (Phi) is 13.5. The molecular weight excluding hydrogens is 668 g/mol. The van der Waals surface area contributed by atoms with Crippen molar-refractivity contribution >= 4 is 35.7 Å². The molecular formula is C38H46N6O8. The van der Waals surface area contributed by atoms with Crippen LogP contribution < -0.4 is 36.9 Å². The molecule has 0 radical (unpaired) electrons. The molecule has 2 unspecified atom stereocenters. The molecule has 3 aromatic carbocycles. The van der Waals surface area contributed by atoms with E-state index in [0.717, 1.165) is 17.2 Å². The van der Waals surface area contributed by atoms with Crippen molar-refractivity contribution in [1.82, 2.24) is 20.9 Å². The topological polar surface area (TPSA) is 215 Å². The molecule has 8 N–H and O–H groups in total. The maximum absolute atomic E-state index is 14.1. The molecule has 3 aromatic rings. The van der Waals surface area contributed by atoms with Gasteiger partial charge in [0.2, 0.25) is 17.7 Å². The third-order valence-corrected chi connectivity index (χ3v) is 8.37. The fourth-order valence-corrected chi connectivity index (χ4v) is 5.82. The number of carbonyl (C=O) groups is 5. The molecule has 14 heteroatoms. The number of nitrogens with two attached hydrogens (primary N) is 2. The molecule has 0 saturated carbocycles. The maximum atomic E-state index is 14.1. The Morgan fingerprint density at radius 2 is 1.58 bits per heavy atom. The number of rotatable bonds is 12. The number of nitrogens with one attached hydrogen (secondary N) is 3. The van der Waals surface area contributed by atoms with Crippen LogP contribution in [0.1, 0.15) is 52.5 Å². The van der Waals surface area contributed by atoms with Crippen molar-refractivity contribution in [2.45, 2.75) is 45.3 Å².